The molecule has 0 N–H and O–H groups in total. The van der Waals surface area contributed by atoms with Gasteiger partial charge in [0.2, 0.25) is 0 Å². The van der Waals surface area contributed by atoms with Crippen molar-refractivity contribution in [3.8, 4) is 5.75 Å². The number of hydrogen-bond donors (Lipinski definition) is 0. The van der Waals surface area contributed by atoms with E-state index in [0.717, 1.165) is 15.4 Å². The Bertz CT molecular complexity index is 487. The molecule has 1 aromatic rings. The summed E-state index contributed by atoms with van der Waals surface area (Å²) in [5.74, 6) is 0.875. The van der Waals surface area contributed by atoms with Crippen molar-refractivity contribution in [2.75, 3.05) is 14.2 Å². The molecule has 24 heavy (non-hydrogen) atoms. The summed E-state index contributed by atoms with van der Waals surface area (Å²) < 4.78 is 48.6. The summed E-state index contributed by atoms with van der Waals surface area (Å²) in [5.41, 5.74) is 1.14. The quantitative estimate of drug-likeness (QED) is 0.464. The van der Waals surface area contributed by atoms with Crippen molar-refractivity contribution in [2.24, 2.45) is 0 Å². The van der Waals surface area contributed by atoms with Crippen molar-refractivity contribution in [1.29, 1.82) is 0 Å². The van der Waals surface area contributed by atoms with Gasteiger partial charge in [0.1, 0.15) is 0 Å². The van der Waals surface area contributed by atoms with Gasteiger partial charge in [0.15, 0.2) is 0 Å². The van der Waals surface area contributed by atoms with Crippen LogP contribution in [0.2, 0.25) is 0 Å². The molecule has 8 heteroatoms. The van der Waals surface area contributed by atoms with Crippen molar-refractivity contribution in [3.05, 3.63) is 69.2 Å². The van der Waals surface area contributed by atoms with Gasteiger partial charge in [0, 0.05) is 0 Å². The number of methoxy groups -OCH3 is 2. The van der Waals surface area contributed by atoms with Gasteiger partial charge in [-0.15, -0.1) is 0 Å². The van der Waals surface area contributed by atoms with Gasteiger partial charge < -0.3 is 0 Å². The van der Waals surface area contributed by atoms with Gasteiger partial charge in [-0.1, -0.05) is 0 Å². The van der Waals surface area contributed by atoms with Crippen molar-refractivity contribution in [1.82, 2.24) is 0 Å². The van der Waals surface area contributed by atoms with Crippen LogP contribution in [0.15, 0.2) is 30.3 Å². The van der Waals surface area contributed by atoms with E-state index < -0.39 is 0 Å². The number of rotatable bonds is 4. The molecule has 1 rings (SSSR count). The molecule has 0 amide bonds. The fraction of sp³-hybridized carbons (Fsp3) is 0.125. The van der Waals surface area contributed by atoms with E-state index in [-0.39, 0.29) is 0 Å². The Morgan fingerprint density at radius 1 is 0.833 bits per heavy atom. The Kier molecular flexibility index (Phi) is 52.2. The molecular weight excluding hydrogens is 488 g/mol. The van der Waals surface area contributed by atoms with Crippen molar-refractivity contribution in [2.45, 2.75) is 0 Å². The van der Waals surface area contributed by atoms with Crippen LogP contribution in [0, 0.1) is 33.3 Å². The van der Waals surface area contributed by atoms with Crippen LogP contribution in [0.4, 0.5) is 0 Å². The van der Waals surface area contributed by atoms with Gasteiger partial charge in [0.05, 0.1) is 0 Å². The molecule has 0 fully saturated rings. The maximum absolute atomic E-state index is 7.50. The minimum absolute atomic E-state index is 0.875. The number of ether oxygens (including phenoxy) is 2. The zero-order valence-corrected chi connectivity index (χ0v) is 15.7. The normalized spacial score (nSPS) is 6.50. The molecule has 0 atom stereocenters. The topological polar surface area (TPSA) is 118 Å². The first-order valence-corrected chi connectivity index (χ1v) is 6.65. The molecule has 0 aliphatic rings. The molecule has 0 heterocycles. The van der Waals surface area contributed by atoms with Crippen molar-refractivity contribution in [3.63, 3.8) is 0 Å². The molecule has 7 nitrogen and oxygen atoms in total. The molecule has 124 valence electrons. The second-order valence-electron chi connectivity index (χ2n) is 2.63. The van der Waals surface area contributed by atoms with E-state index in [1.165, 1.54) is 19.4 Å². The average molecular weight is 500 g/mol. The standard InChI is InChI=1S/C11H12O2.5CO.W/c1-12-9-3-4-10-5-7-11(13-2)8-6-10;5*1-2;/h3-8H,1-2H3;;;;;;/b4-3+;;;;;;. The Balaban J connectivity index is -0.000000103. The molecule has 0 spiro atoms. The third-order valence-electron chi connectivity index (χ3n) is 1.73. The van der Waals surface area contributed by atoms with Crippen LogP contribution in [-0.2, 0) is 47.4 Å². The van der Waals surface area contributed by atoms with E-state index in [1.54, 1.807) is 14.2 Å². The van der Waals surface area contributed by atoms with E-state index in [2.05, 4.69) is 33.3 Å². The predicted molar refractivity (Wildman–Crippen MR) is 73.7 cm³/mol. The van der Waals surface area contributed by atoms with Crippen LogP contribution in [0.3, 0.4) is 0 Å². The zero-order valence-electron chi connectivity index (χ0n) is 12.7. The van der Waals surface area contributed by atoms with E-state index in [0.29, 0.717) is 0 Å². The summed E-state index contributed by atoms with van der Waals surface area (Å²) in [4.78, 5) is 0. The van der Waals surface area contributed by atoms with Crippen molar-refractivity contribution >= 4 is 10.2 Å². The molecule has 0 saturated heterocycles. The van der Waals surface area contributed by atoms with Gasteiger partial charge in [-0.25, -0.2) is 0 Å². The molecule has 1 aromatic carbocycles. The first-order chi connectivity index (χ1) is 11.8. The van der Waals surface area contributed by atoms with E-state index in [1.807, 2.05) is 36.4 Å². The fourth-order valence-corrected chi connectivity index (χ4v) is 1.19. The first-order valence-electron chi connectivity index (χ1n) is 5.18. The van der Waals surface area contributed by atoms with Gasteiger partial charge >= 0.3 is 151 Å². The van der Waals surface area contributed by atoms with Crippen LogP contribution in [0.25, 0.3) is 6.08 Å². The first kappa shape index (κ1) is 33.6. The summed E-state index contributed by atoms with van der Waals surface area (Å²) in [5, 5.41) is 0. The second kappa shape index (κ2) is 37.3. The third kappa shape index (κ3) is 25.0. The minimum atomic E-state index is 0.875. The summed E-state index contributed by atoms with van der Waals surface area (Å²) >= 11 is 1.33. The molecule has 0 unspecified atom stereocenters. The van der Waals surface area contributed by atoms with Gasteiger partial charge in [0.25, 0.3) is 0 Å². The third-order valence-corrected chi connectivity index (χ3v) is 2.82. The molecule has 0 aromatic heterocycles. The Labute approximate surface area is 151 Å². The van der Waals surface area contributed by atoms with Gasteiger partial charge in [-0.05, 0) is 0 Å². The average Bonchev–Trinajstić information content (AvgIpc) is 2.74. The Morgan fingerprint density at radius 3 is 1.50 bits per heavy atom. The molecule has 0 bridgehead atoms. The summed E-state index contributed by atoms with van der Waals surface area (Å²) in [7, 11) is 3.34. The molecular formula is C16H12O7W. The molecule has 0 aliphatic heterocycles. The zero-order chi connectivity index (χ0) is 20.4. The number of hydrogen-bond acceptors (Lipinski definition) is 2. The Morgan fingerprint density at radius 2 is 1.21 bits per heavy atom. The van der Waals surface area contributed by atoms with Crippen LogP contribution in [-0.4, -0.2) is 18.3 Å². The molecule has 0 radical (unpaired) electrons. The second-order valence-corrected chi connectivity index (χ2v) is 4.08. The van der Waals surface area contributed by atoms with Crippen LogP contribution in [0.1, 0.15) is 5.56 Å². The van der Waals surface area contributed by atoms with E-state index in [9.17, 15) is 0 Å². The predicted octanol–water partition coefficient (Wildman–Crippen LogP) is 1.84. The van der Waals surface area contributed by atoms with Crippen LogP contribution in [0.5, 0.6) is 5.75 Å². The van der Waals surface area contributed by atoms with Crippen LogP contribution >= 0.6 is 0 Å². The van der Waals surface area contributed by atoms with Crippen LogP contribution < -0.4 is 4.74 Å². The van der Waals surface area contributed by atoms with E-state index in [4.69, 9.17) is 32.7 Å². The monoisotopic (exact) mass is 500 g/mol. The maximum atomic E-state index is 7.50. The Hall–Kier alpha value is -2.02. The number of benzene rings is 1. The SMILES string of the molecule is CO[C](=[W])/C=C/c1ccc(OC)cc1.[C-]#[O+].[C-]#[O+].[C-]#[O+].[C-]#[O+].[C-]#[O+]. The summed E-state index contributed by atoms with van der Waals surface area (Å²) in [6, 6.07) is 7.89. The fourth-order valence-electron chi connectivity index (χ4n) is 0.947. The van der Waals surface area contributed by atoms with E-state index >= 15 is 0 Å². The summed E-state index contributed by atoms with van der Waals surface area (Å²) in [6.45, 7) is 22.5. The van der Waals surface area contributed by atoms with Gasteiger partial charge in [-0.2, -0.15) is 0 Å². The van der Waals surface area contributed by atoms with Gasteiger partial charge in [-0.3, -0.25) is 0 Å². The molecule has 0 aliphatic carbocycles. The summed E-state index contributed by atoms with van der Waals surface area (Å²) in [6.07, 6.45) is 3.99. The van der Waals surface area contributed by atoms with Crippen molar-refractivity contribution < 1.29 is 52.1 Å². The molecule has 0 saturated carbocycles.